The summed E-state index contributed by atoms with van der Waals surface area (Å²) >= 11 is 8.47. The molecule has 0 unspecified atom stereocenters. The molecule has 6 heteroatoms. The first kappa shape index (κ1) is 15.9. The quantitative estimate of drug-likeness (QED) is 0.490. The molecule has 0 saturated carbocycles. The molecule has 2 N–H and O–H groups in total. The van der Waals surface area contributed by atoms with Gasteiger partial charge in [-0.15, -0.1) is 0 Å². The summed E-state index contributed by atoms with van der Waals surface area (Å²) < 4.78 is 6.54. The fraction of sp³-hybridized carbons (Fsp3) is 0.385. The van der Waals surface area contributed by atoms with Crippen LogP contribution in [0.2, 0.25) is 0 Å². The molecule has 0 spiro atoms. The predicted octanol–water partition coefficient (Wildman–Crippen LogP) is 3.05. The topological polar surface area (TPSA) is 45.7 Å². The molecule has 0 fully saturated rings. The summed E-state index contributed by atoms with van der Waals surface area (Å²) in [6, 6.07) is 5.79. The number of hydrogen-bond acceptors (Lipinski definition) is 3. The van der Waals surface area contributed by atoms with Gasteiger partial charge in [0.1, 0.15) is 5.75 Å². The summed E-state index contributed by atoms with van der Waals surface area (Å²) in [5.74, 6) is 0.822. The average Bonchev–Trinajstić information content (AvgIpc) is 2.32. The lowest BCUT2D eigenvalue weighted by molar-refractivity contribution is 0.241. The Morgan fingerprint density at radius 3 is 2.84 bits per heavy atom. The SMILES string of the molecule is CCNC(=S)N/N=C\c1ccc(OC(C)C)c(Br)c1. The molecule has 0 bridgehead atoms. The number of thiocarbonyl (C=S) groups is 1. The molecule has 1 rings (SSSR count). The van der Waals surface area contributed by atoms with Gasteiger partial charge < -0.3 is 10.1 Å². The molecule has 1 aromatic rings. The maximum Gasteiger partial charge on any atom is 0.186 e. The van der Waals surface area contributed by atoms with Crippen molar-refractivity contribution in [2.45, 2.75) is 26.9 Å². The van der Waals surface area contributed by atoms with E-state index < -0.39 is 0 Å². The zero-order valence-corrected chi connectivity index (χ0v) is 13.6. The van der Waals surface area contributed by atoms with Crippen molar-refractivity contribution in [1.29, 1.82) is 0 Å². The van der Waals surface area contributed by atoms with Crippen molar-refractivity contribution in [2.24, 2.45) is 5.10 Å². The number of benzene rings is 1. The van der Waals surface area contributed by atoms with Gasteiger partial charge in [-0.25, -0.2) is 0 Å². The number of hydrogen-bond donors (Lipinski definition) is 2. The van der Waals surface area contributed by atoms with Crippen LogP contribution in [-0.2, 0) is 0 Å². The van der Waals surface area contributed by atoms with Crippen LogP contribution in [0.25, 0.3) is 0 Å². The number of halogens is 1. The lowest BCUT2D eigenvalue weighted by Crippen LogP contribution is -2.31. The van der Waals surface area contributed by atoms with Crippen LogP contribution in [-0.4, -0.2) is 24.0 Å². The second-order valence-electron chi connectivity index (χ2n) is 4.09. The Morgan fingerprint density at radius 1 is 1.53 bits per heavy atom. The molecule has 1 aromatic carbocycles. The molecule has 0 aromatic heterocycles. The van der Waals surface area contributed by atoms with Gasteiger partial charge in [-0.3, -0.25) is 5.43 Å². The summed E-state index contributed by atoms with van der Waals surface area (Å²) in [6.07, 6.45) is 1.85. The van der Waals surface area contributed by atoms with E-state index in [1.54, 1.807) is 6.21 Å². The lowest BCUT2D eigenvalue weighted by Gasteiger charge is -2.11. The highest BCUT2D eigenvalue weighted by Gasteiger charge is 2.03. The van der Waals surface area contributed by atoms with E-state index in [4.69, 9.17) is 17.0 Å². The van der Waals surface area contributed by atoms with E-state index in [0.717, 1.165) is 22.3 Å². The van der Waals surface area contributed by atoms with E-state index >= 15 is 0 Å². The Bertz CT molecular complexity index is 463. The Balaban J connectivity index is 2.63. The van der Waals surface area contributed by atoms with Crippen molar-refractivity contribution in [3.05, 3.63) is 28.2 Å². The monoisotopic (exact) mass is 343 g/mol. The van der Waals surface area contributed by atoms with Gasteiger partial charge in [0.25, 0.3) is 0 Å². The number of nitrogens with one attached hydrogen (secondary N) is 2. The summed E-state index contributed by atoms with van der Waals surface area (Å²) in [5, 5.41) is 7.51. The van der Waals surface area contributed by atoms with Crippen molar-refractivity contribution >= 4 is 39.5 Å². The van der Waals surface area contributed by atoms with E-state index in [-0.39, 0.29) is 6.10 Å². The largest absolute Gasteiger partial charge is 0.490 e. The fourth-order valence-corrected chi connectivity index (χ4v) is 2.00. The van der Waals surface area contributed by atoms with Crippen LogP contribution >= 0.6 is 28.1 Å². The maximum atomic E-state index is 5.64. The van der Waals surface area contributed by atoms with Gasteiger partial charge in [0.2, 0.25) is 0 Å². The third-order valence-corrected chi connectivity index (χ3v) is 2.89. The molecule has 0 aliphatic carbocycles. The second kappa shape index (κ2) is 8.12. The highest BCUT2D eigenvalue weighted by atomic mass is 79.9. The minimum atomic E-state index is 0.148. The molecule has 19 heavy (non-hydrogen) atoms. The Hall–Kier alpha value is -1.14. The number of ether oxygens (including phenoxy) is 1. The Morgan fingerprint density at radius 2 is 2.26 bits per heavy atom. The predicted molar refractivity (Wildman–Crippen MR) is 86.9 cm³/mol. The lowest BCUT2D eigenvalue weighted by atomic mass is 10.2. The molecule has 0 amide bonds. The summed E-state index contributed by atoms with van der Waals surface area (Å²) in [5.41, 5.74) is 3.70. The van der Waals surface area contributed by atoms with E-state index in [1.807, 2.05) is 39.0 Å². The molecule has 0 aliphatic rings. The van der Waals surface area contributed by atoms with Gasteiger partial charge in [-0.2, -0.15) is 5.10 Å². The van der Waals surface area contributed by atoms with E-state index in [0.29, 0.717) is 5.11 Å². The minimum Gasteiger partial charge on any atom is -0.490 e. The van der Waals surface area contributed by atoms with Crippen molar-refractivity contribution in [3.8, 4) is 5.75 Å². The Kier molecular flexibility index (Phi) is 6.80. The number of rotatable bonds is 5. The van der Waals surface area contributed by atoms with Crippen LogP contribution < -0.4 is 15.5 Å². The Labute approximate surface area is 127 Å². The molecule has 104 valence electrons. The number of hydrazone groups is 1. The highest BCUT2D eigenvalue weighted by Crippen LogP contribution is 2.26. The third kappa shape index (κ3) is 6.02. The van der Waals surface area contributed by atoms with Gasteiger partial charge >= 0.3 is 0 Å². The normalized spacial score (nSPS) is 10.8. The van der Waals surface area contributed by atoms with Crippen LogP contribution in [0.3, 0.4) is 0 Å². The smallest absolute Gasteiger partial charge is 0.186 e. The molecule has 0 atom stereocenters. The van der Waals surface area contributed by atoms with Gasteiger partial charge in [0.15, 0.2) is 5.11 Å². The van der Waals surface area contributed by atoms with Crippen LogP contribution in [0.4, 0.5) is 0 Å². The van der Waals surface area contributed by atoms with Crippen molar-refractivity contribution < 1.29 is 4.74 Å². The molecule has 0 saturated heterocycles. The van der Waals surface area contributed by atoms with Crippen LogP contribution in [0.15, 0.2) is 27.8 Å². The first-order chi connectivity index (χ1) is 9.02. The van der Waals surface area contributed by atoms with E-state index in [1.165, 1.54) is 0 Å². The minimum absolute atomic E-state index is 0.148. The van der Waals surface area contributed by atoms with E-state index in [9.17, 15) is 0 Å². The molecule has 0 heterocycles. The number of nitrogens with zero attached hydrogens (tertiary/aromatic N) is 1. The van der Waals surface area contributed by atoms with Crippen molar-refractivity contribution in [3.63, 3.8) is 0 Å². The van der Waals surface area contributed by atoms with Gasteiger partial charge in [-0.05, 0) is 72.7 Å². The first-order valence-electron chi connectivity index (χ1n) is 6.06. The third-order valence-electron chi connectivity index (χ3n) is 2.04. The van der Waals surface area contributed by atoms with Crippen LogP contribution in [0.5, 0.6) is 5.75 Å². The van der Waals surface area contributed by atoms with Gasteiger partial charge in [0, 0.05) is 6.54 Å². The fourth-order valence-electron chi connectivity index (χ4n) is 1.31. The van der Waals surface area contributed by atoms with Gasteiger partial charge in [-0.1, -0.05) is 0 Å². The zero-order valence-electron chi connectivity index (χ0n) is 11.2. The van der Waals surface area contributed by atoms with Crippen LogP contribution in [0, 0.1) is 0 Å². The summed E-state index contributed by atoms with van der Waals surface area (Å²) in [4.78, 5) is 0. The van der Waals surface area contributed by atoms with Crippen LogP contribution in [0.1, 0.15) is 26.3 Å². The standard InChI is InChI=1S/C13H18BrN3OS/c1-4-15-13(19)17-16-8-10-5-6-12(11(14)7-10)18-9(2)3/h5-9H,4H2,1-3H3,(H2,15,17,19)/b16-8-. The second-order valence-corrected chi connectivity index (χ2v) is 5.35. The highest BCUT2D eigenvalue weighted by molar-refractivity contribution is 9.10. The van der Waals surface area contributed by atoms with E-state index in [2.05, 4.69) is 31.8 Å². The van der Waals surface area contributed by atoms with Gasteiger partial charge in [0.05, 0.1) is 16.8 Å². The average molecular weight is 344 g/mol. The first-order valence-corrected chi connectivity index (χ1v) is 7.26. The summed E-state index contributed by atoms with van der Waals surface area (Å²) in [6.45, 7) is 6.73. The van der Waals surface area contributed by atoms with Crippen molar-refractivity contribution in [1.82, 2.24) is 10.7 Å². The zero-order chi connectivity index (χ0) is 14.3. The summed E-state index contributed by atoms with van der Waals surface area (Å²) in [7, 11) is 0. The molecule has 0 aliphatic heterocycles. The van der Waals surface area contributed by atoms with Crippen molar-refractivity contribution in [2.75, 3.05) is 6.54 Å². The maximum absolute atomic E-state index is 5.64. The molecular formula is C13H18BrN3OS. The molecular weight excluding hydrogens is 326 g/mol. The molecule has 0 radical (unpaired) electrons. The molecule has 4 nitrogen and oxygen atoms in total.